The predicted octanol–water partition coefficient (Wildman–Crippen LogP) is 2.77. The van der Waals surface area contributed by atoms with Crippen molar-refractivity contribution < 1.29 is 4.74 Å². The summed E-state index contributed by atoms with van der Waals surface area (Å²) >= 11 is 0. The van der Waals surface area contributed by atoms with Gasteiger partial charge in [0.05, 0.1) is 7.11 Å². The van der Waals surface area contributed by atoms with Crippen LogP contribution in [0.1, 0.15) is 43.0 Å². The fourth-order valence-corrected chi connectivity index (χ4v) is 2.16. The van der Waals surface area contributed by atoms with E-state index in [0.717, 1.165) is 48.3 Å². The highest BCUT2D eigenvalue weighted by Gasteiger charge is 2.10. The van der Waals surface area contributed by atoms with Gasteiger partial charge < -0.3 is 10.5 Å². The van der Waals surface area contributed by atoms with E-state index in [-0.39, 0.29) is 6.04 Å². The zero-order valence-corrected chi connectivity index (χ0v) is 11.4. The van der Waals surface area contributed by atoms with Gasteiger partial charge in [-0.05, 0) is 33.1 Å². The highest BCUT2D eigenvalue weighted by Crippen LogP contribution is 2.24. The molecule has 0 bridgehead atoms. The van der Waals surface area contributed by atoms with Crippen molar-refractivity contribution in [2.45, 2.75) is 52.5 Å². The number of hydrogen-bond donors (Lipinski definition) is 1. The summed E-state index contributed by atoms with van der Waals surface area (Å²) in [5.74, 6) is 0.957. The molecule has 3 heteroatoms. The molecule has 1 unspecified atom stereocenters. The number of hydrogen-bond acceptors (Lipinski definition) is 3. The number of aromatic nitrogens is 1. The van der Waals surface area contributed by atoms with Gasteiger partial charge in [0.25, 0.3) is 0 Å². The van der Waals surface area contributed by atoms with Crippen LogP contribution in [-0.4, -0.2) is 18.1 Å². The molecule has 0 radical (unpaired) electrons. The number of methoxy groups -OCH3 is 1. The second-order valence-electron chi connectivity index (χ2n) is 4.63. The summed E-state index contributed by atoms with van der Waals surface area (Å²) in [6, 6.07) is 0.286. The zero-order valence-electron chi connectivity index (χ0n) is 11.4. The minimum atomic E-state index is 0.286. The Hall–Kier alpha value is -1.09. The number of rotatable bonds is 6. The van der Waals surface area contributed by atoms with E-state index in [0.29, 0.717) is 0 Å². The highest BCUT2D eigenvalue weighted by molar-refractivity contribution is 5.41. The van der Waals surface area contributed by atoms with Crippen molar-refractivity contribution in [1.82, 2.24) is 4.98 Å². The lowest BCUT2D eigenvalue weighted by Gasteiger charge is -2.14. The van der Waals surface area contributed by atoms with E-state index in [9.17, 15) is 0 Å². The Morgan fingerprint density at radius 2 is 2.06 bits per heavy atom. The second kappa shape index (κ2) is 6.60. The summed E-state index contributed by atoms with van der Waals surface area (Å²) < 4.78 is 5.40. The van der Waals surface area contributed by atoms with Gasteiger partial charge in [-0.3, -0.25) is 4.98 Å². The van der Waals surface area contributed by atoms with Crippen LogP contribution in [0.5, 0.6) is 5.75 Å². The fraction of sp³-hybridized carbons (Fsp3) is 0.643. The number of nitrogens with zero attached hydrogens (tertiary/aromatic N) is 1. The first-order chi connectivity index (χ1) is 8.10. The SMILES string of the molecule is CCCC(N)CCc1ncc(C)c(OC)c1C. The minimum Gasteiger partial charge on any atom is -0.496 e. The van der Waals surface area contributed by atoms with E-state index in [1.807, 2.05) is 13.1 Å². The van der Waals surface area contributed by atoms with Crippen molar-refractivity contribution in [3.63, 3.8) is 0 Å². The standard InChI is InChI=1S/C14H24N2O/c1-5-6-12(15)7-8-13-11(3)14(17-4)10(2)9-16-13/h9,12H,5-8,15H2,1-4H3. The lowest BCUT2D eigenvalue weighted by atomic mass is 10.0. The average Bonchev–Trinajstić information content (AvgIpc) is 2.29. The molecule has 0 aromatic carbocycles. The normalized spacial score (nSPS) is 12.5. The Balaban J connectivity index is 2.72. The van der Waals surface area contributed by atoms with Gasteiger partial charge in [0.15, 0.2) is 0 Å². The maximum absolute atomic E-state index is 6.02. The molecule has 0 amide bonds. The molecule has 2 N–H and O–H groups in total. The smallest absolute Gasteiger partial charge is 0.128 e. The van der Waals surface area contributed by atoms with Crippen LogP contribution in [-0.2, 0) is 6.42 Å². The van der Waals surface area contributed by atoms with Crippen molar-refractivity contribution in [3.05, 3.63) is 23.0 Å². The van der Waals surface area contributed by atoms with E-state index in [2.05, 4.69) is 18.8 Å². The first kappa shape index (κ1) is 14.0. The maximum atomic E-state index is 6.02. The van der Waals surface area contributed by atoms with Crippen LogP contribution >= 0.6 is 0 Å². The van der Waals surface area contributed by atoms with E-state index in [1.165, 1.54) is 0 Å². The van der Waals surface area contributed by atoms with Crippen molar-refractivity contribution in [2.75, 3.05) is 7.11 Å². The van der Waals surface area contributed by atoms with E-state index in [4.69, 9.17) is 10.5 Å². The third-order valence-corrected chi connectivity index (χ3v) is 3.16. The summed E-state index contributed by atoms with van der Waals surface area (Å²) in [7, 11) is 1.71. The molecule has 0 aliphatic carbocycles. The molecule has 0 fully saturated rings. The predicted molar refractivity (Wildman–Crippen MR) is 71.5 cm³/mol. The molecule has 1 heterocycles. The third-order valence-electron chi connectivity index (χ3n) is 3.16. The molecule has 3 nitrogen and oxygen atoms in total. The van der Waals surface area contributed by atoms with Crippen molar-refractivity contribution >= 4 is 0 Å². The number of nitrogens with two attached hydrogens (primary N) is 1. The topological polar surface area (TPSA) is 48.1 Å². The van der Waals surface area contributed by atoms with E-state index < -0.39 is 0 Å². The summed E-state index contributed by atoms with van der Waals surface area (Å²) in [6.07, 6.45) is 6.04. The maximum Gasteiger partial charge on any atom is 0.128 e. The van der Waals surface area contributed by atoms with Gasteiger partial charge in [-0.25, -0.2) is 0 Å². The van der Waals surface area contributed by atoms with Crippen molar-refractivity contribution in [2.24, 2.45) is 5.73 Å². The van der Waals surface area contributed by atoms with Crippen LogP contribution in [0.25, 0.3) is 0 Å². The van der Waals surface area contributed by atoms with Crippen LogP contribution in [0.4, 0.5) is 0 Å². The van der Waals surface area contributed by atoms with Crippen LogP contribution in [0.15, 0.2) is 6.20 Å². The molecule has 0 saturated carbocycles. The molecule has 1 aromatic heterocycles. The molecule has 0 aliphatic rings. The van der Waals surface area contributed by atoms with E-state index >= 15 is 0 Å². The van der Waals surface area contributed by atoms with Gasteiger partial charge in [-0.1, -0.05) is 13.3 Å². The molecule has 0 spiro atoms. The Morgan fingerprint density at radius 1 is 1.35 bits per heavy atom. The largest absolute Gasteiger partial charge is 0.496 e. The minimum absolute atomic E-state index is 0.286. The lowest BCUT2D eigenvalue weighted by molar-refractivity contribution is 0.406. The molecule has 1 rings (SSSR count). The molecular weight excluding hydrogens is 212 g/mol. The number of ether oxygens (including phenoxy) is 1. The van der Waals surface area contributed by atoms with Gasteiger partial charge in [0.1, 0.15) is 5.75 Å². The summed E-state index contributed by atoms with van der Waals surface area (Å²) in [6.45, 7) is 6.25. The summed E-state index contributed by atoms with van der Waals surface area (Å²) in [5.41, 5.74) is 9.37. The van der Waals surface area contributed by atoms with Gasteiger partial charge in [0, 0.05) is 29.1 Å². The molecule has 96 valence electrons. The van der Waals surface area contributed by atoms with Crippen molar-refractivity contribution in [1.29, 1.82) is 0 Å². The second-order valence-corrected chi connectivity index (χ2v) is 4.63. The fourth-order valence-electron chi connectivity index (χ4n) is 2.16. The van der Waals surface area contributed by atoms with Crippen LogP contribution in [0, 0.1) is 13.8 Å². The summed E-state index contributed by atoms with van der Waals surface area (Å²) in [4.78, 5) is 4.48. The quantitative estimate of drug-likeness (QED) is 0.826. The molecule has 0 saturated heterocycles. The lowest BCUT2D eigenvalue weighted by Crippen LogP contribution is -2.20. The van der Waals surface area contributed by atoms with Crippen LogP contribution in [0.2, 0.25) is 0 Å². The van der Waals surface area contributed by atoms with E-state index in [1.54, 1.807) is 7.11 Å². The van der Waals surface area contributed by atoms with Gasteiger partial charge in [-0.2, -0.15) is 0 Å². The van der Waals surface area contributed by atoms with Crippen LogP contribution < -0.4 is 10.5 Å². The monoisotopic (exact) mass is 236 g/mol. The molecule has 1 atom stereocenters. The average molecular weight is 236 g/mol. The van der Waals surface area contributed by atoms with Gasteiger partial charge in [-0.15, -0.1) is 0 Å². The first-order valence-electron chi connectivity index (χ1n) is 6.34. The van der Waals surface area contributed by atoms with Crippen LogP contribution in [0.3, 0.4) is 0 Å². The number of aryl methyl sites for hydroxylation is 2. The van der Waals surface area contributed by atoms with Gasteiger partial charge >= 0.3 is 0 Å². The zero-order chi connectivity index (χ0) is 12.8. The van der Waals surface area contributed by atoms with Gasteiger partial charge in [0.2, 0.25) is 0 Å². The first-order valence-corrected chi connectivity index (χ1v) is 6.34. The Bertz CT molecular complexity index is 363. The number of pyridine rings is 1. The summed E-state index contributed by atoms with van der Waals surface area (Å²) in [5, 5.41) is 0. The molecule has 1 aromatic rings. The highest BCUT2D eigenvalue weighted by atomic mass is 16.5. The Kier molecular flexibility index (Phi) is 5.42. The molecule has 17 heavy (non-hydrogen) atoms. The van der Waals surface area contributed by atoms with Crippen molar-refractivity contribution in [3.8, 4) is 5.75 Å². The molecular formula is C14H24N2O. The Labute approximate surface area is 104 Å². The molecule has 0 aliphatic heterocycles. The third kappa shape index (κ3) is 3.70. The Morgan fingerprint density at radius 3 is 2.65 bits per heavy atom.